The monoisotopic (exact) mass is 332 g/mol. The normalized spacial score (nSPS) is 11.7. The van der Waals surface area contributed by atoms with E-state index in [1.165, 1.54) is 0 Å². The molecular weight excluding hydrogens is 316 g/mol. The first-order valence-electron chi connectivity index (χ1n) is 6.89. The third kappa shape index (κ3) is 3.40. The fourth-order valence-electron chi connectivity index (χ4n) is 2.18. The van der Waals surface area contributed by atoms with Crippen LogP contribution in [0.4, 0.5) is 11.4 Å². The average Bonchev–Trinajstić information content (AvgIpc) is 3.02. The number of fused-ring (bicyclic) bond motifs is 1. The summed E-state index contributed by atoms with van der Waals surface area (Å²) in [7, 11) is 3.18. The van der Waals surface area contributed by atoms with Gasteiger partial charge in [0.15, 0.2) is 28.1 Å². The quantitative estimate of drug-likeness (QED) is 0.834. The van der Waals surface area contributed by atoms with Gasteiger partial charge in [-0.25, -0.2) is 0 Å². The van der Waals surface area contributed by atoms with Gasteiger partial charge in [-0.2, -0.15) is 0 Å². The number of hydrogen-bond acceptors (Lipinski definition) is 5. The molecule has 0 saturated carbocycles. The van der Waals surface area contributed by atoms with Gasteiger partial charge in [-0.3, -0.25) is 0 Å². The van der Waals surface area contributed by atoms with Crippen molar-refractivity contribution in [3.8, 4) is 23.0 Å². The van der Waals surface area contributed by atoms with E-state index in [9.17, 15) is 0 Å². The van der Waals surface area contributed by atoms with Crippen molar-refractivity contribution in [1.29, 1.82) is 0 Å². The van der Waals surface area contributed by atoms with Gasteiger partial charge in [0.2, 0.25) is 6.79 Å². The maximum absolute atomic E-state index is 5.34. The zero-order valence-corrected chi connectivity index (χ0v) is 13.5. The Morgan fingerprint density at radius 1 is 0.913 bits per heavy atom. The lowest BCUT2D eigenvalue weighted by Gasteiger charge is -2.13. The largest absolute Gasteiger partial charge is 0.493 e. The van der Waals surface area contributed by atoms with Crippen LogP contribution in [0.5, 0.6) is 23.0 Å². The SMILES string of the molecule is COc1ccc(NC(=S)Nc2ccc3c(c2)OCO3)cc1OC. The fourth-order valence-corrected chi connectivity index (χ4v) is 2.42. The first kappa shape index (κ1) is 15.2. The van der Waals surface area contributed by atoms with E-state index in [1.807, 2.05) is 36.4 Å². The second-order valence-electron chi connectivity index (χ2n) is 4.72. The van der Waals surface area contributed by atoms with E-state index in [4.69, 9.17) is 31.2 Å². The zero-order valence-electron chi connectivity index (χ0n) is 12.7. The number of hydrogen-bond donors (Lipinski definition) is 2. The summed E-state index contributed by atoms with van der Waals surface area (Å²) in [5, 5.41) is 6.65. The van der Waals surface area contributed by atoms with Crippen molar-refractivity contribution in [3.63, 3.8) is 0 Å². The van der Waals surface area contributed by atoms with Crippen molar-refractivity contribution in [2.45, 2.75) is 0 Å². The van der Waals surface area contributed by atoms with Gasteiger partial charge in [-0.15, -0.1) is 0 Å². The number of rotatable bonds is 4. The lowest BCUT2D eigenvalue weighted by atomic mass is 10.2. The van der Waals surface area contributed by atoms with E-state index in [0.717, 1.165) is 17.1 Å². The molecule has 0 saturated heterocycles. The number of ether oxygens (including phenoxy) is 4. The number of benzene rings is 2. The predicted octanol–water partition coefficient (Wildman–Crippen LogP) is 3.24. The highest BCUT2D eigenvalue weighted by molar-refractivity contribution is 7.80. The second-order valence-corrected chi connectivity index (χ2v) is 5.13. The van der Waals surface area contributed by atoms with Crippen LogP contribution in [0.2, 0.25) is 0 Å². The summed E-state index contributed by atoms with van der Waals surface area (Å²) in [6.45, 7) is 0.243. The summed E-state index contributed by atoms with van der Waals surface area (Å²) in [5.41, 5.74) is 1.60. The topological polar surface area (TPSA) is 61.0 Å². The Hall–Kier alpha value is -2.67. The smallest absolute Gasteiger partial charge is 0.231 e. The molecule has 2 aromatic carbocycles. The van der Waals surface area contributed by atoms with Crippen molar-refractivity contribution in [2.75, 3.05) is 31.6 Å². The number of methoxy groups -OCH3 is 2. The summed E-state index contributed by atoms with van der Waals surface area (Å²) >= 11 is 5.32. The van der Waals surface area contributed by atoms with Crippen molar-refractivity contribution in [2.24, 2.45) is 0 Å². The van der Waals surface area contributed by atoms with Gasteiger partial charge in [0.05, 0.1) is 14.2 Å². The summed E-state index contributed by atoms with van der Waals surface area (Å²) in [6, 6.07) is 11.0. The first-order chi connectivity index (χ1) is 11.2. The molecule has 0 amide bonds. The second kappa shape index (κ2) is 6.62. The highest BCUT2D eigenvalue weighted by Gasteiger charge is 2.13. The minimum absolute atomic E-state index is 0.243. The van der Waals surface area contributed by atoms with Crippen molar-refractivity contribution < 1.29 is 18.9 Å². The third-order valence-corrected chi connectivity index (χ3v) is 3.48. The molecule has 120 valence electrons. The minimum atomic E-state index is 0.243. The van der Waals surface area contributed by atoms with Gasteiger partial charge in [0, 0.05) is 23.5 Å². The van der Waals surface area contributed by atoms with Crippen LogP contribution < -0.4 is 29.6 Å². The highest BCUT2D eigenvalue weighted by atomic mass is 32.1. The molecule has 3 rings (SSSR count). The molecule has 2 aromatic rings. The lowest BCUT2D eigenvalue weighted by Crippen LogP contribution is -2.19. The van der Waals surface area contributed by atoms with Gasteiger partial charge >= 0.3 is 0 Å². The molecule has 0 atom stereocenters. The maximum atomic E-state index is 5.34. The molecule has 23 heavy (non-hydrogen) atoms. The van der Waals surface area contributed by atoms with Gasteiger partial charge in [-0.1, -0.05) is 0 Å². The Morgan fingerprint density at radius 2 is 1.57 bits per heavy atom. The molecule has 0 bridgehead atoms. The molecule has 1 heterocycles. The van der Waals surface area contributed by atoms with Crippen LogP contribution in [0.3, 0.4) is 0 Å². The minimum Gasteiger partial charge on any atom is -0.493 e. The fraction of sp³-hybridized carbons (Fsp3) is 0.188. The molecule has 1 aliphatic rings. The molecule has 6 nitrogen and oxygen atoms in total. The molecular formula is C16H16N2O4S. The highest BCUT2D eigenvalue weighted by Crippen LogP contribution is 2.34. The van der Waals surface area contributed by atoms with E-state index in [2.05, 4.69) is 10.6 Å². The lowest BCUT2D eigenvalue weighted by molar-refractivity contribution is 0.174. The first-order valence-corrected chi connectivity index (χ1v) is 7.30. The summed E-state index contributed by atoms with van der Waals surface area (Å²) in [6.07, 6.45) is 0. The molecule has 0 radical (unpaired) electrons. The Balaban J connectivity index is 1.67. The molecule has 7 heteroatoms. The van der Waals surface area contributed by atoms with Crippen LogP contribution in [0.1, 0.15) is 0 Å². The summed E-state index contributed by atoms with van der Waals surface area (Å²) in [5.74, 6) is 2.72. The molecule has 0 spiro atoms. The molecule has 2 N–H and O–H groups in total. The molecule has 0 aromatic heterocycles. The summed E-state index contributed by atoms with van der Waals surface area (Å²) < 4.78 is 21.1. The van der Waals surface area contributed by atoms with Gasteiger partial charge in [0.1, 0.15) is 0 Å². The Morgan fingerprint density at radius 3 is 2.30 bits per heavy atom. The van der Waals surface area contributed by atoms with E-state index in [-0.39, 0.29) is 6.79 Å². The van der Waals surface area contributed by atoms with Crippen LogP contribution in [0.25, 0.3) is 0 Å². The van der Waals surface area contributed by atoms with Crippen molar-refractivity contribution in [3.05, 3.63) is 36.4 Å². The Kier molecular flexibility index (Phi) is 4.38. The van der Waals surface area contributed by atoms with Gasteiger partial charge in [0.25, 0.3) is 0 Å². The average molecular weight is 332 g/mol. The van der Waals surface area contributed by atoms with Crippen LogP contribution in [0, 0.1) is 0 Å². The molecule has 1 aliphatic heterocycles. The number of nitrogens with one attached hydrogen (secondary N) is 2. The van der Waals surface area contributed by atoms with Crippen LogP contribution in [-0.4, -0.2) is 26.1 Å². The van der Waals surface area contributed by atoms with E-state index < -0.39 is 0 Å². The number of thiocarbonyl (C=S) groups is 1. The standard InChI is InChI=1S/C16H16N2O4S/c1-19-12-5-3-10(7-14(12)20-2)17-16(23)18-11-4-6-13-15(8-11)22-9-21-13/h3-8H,9H2,1-2H3,(H2,17,18,23). The molecule has 0 unspecified atom stereocenters. The third-order valence-electron chi connectivity index (χ3n) is 3.27. The Labute approximate surface area is 139 Å². The number of anilines is 2. The van der Waals surface area contributed by atoms with Crippen LogP contribution in [-0.2, 0) is 0 Å². The Bertz CT molecular complexity index is 736. The summed E-state index contributed by atoms with van der Waals surface area (Å²) in [4.78, 5) is 0. The zero-order chi connectivity index (χ0) is 16.2. The molecule has 0 aliphatic carbocycles. The molecule has 0 fully saturated rings. The van der Waals surface area contributed by atoms with Crippen LogP contribution >= 0.6 is 12.2 Å². The van der Waals surface area contributed by atoms with E-state index >= 15 is 0 Å². The van der Waals surface area contributed by atoms with Gasteiger partial charge in [-0.05, 0) is 36.5 Å². The van der Waals surface area contributed by atoms with Crippen LogP contribution in [0.15, 0.2) is 36.4 Å². The maximum Gasteiger partial charge on any atom is 0.231 e. The van der Waals surface area contributed by atoms with E-state index in [1.54, 1.807) is 14.2 Å². The van der Waals surface area contributed by atoms with E-state index in [0.29, 0.717) is 22.4 Å². The van der Waals surface area contributed by atoms with Crippen molar-refractivity contribution in [1.82, 2.24) is 0 Å². The van der Waals surface area contributed by atoms with Gasteiger partial charge < -0.3 is 29.6 Å². The van der Waals surface area contributed by atoms with Crippen molar-refractivity contribution >= 4 is 28.7 Å². The predicted molar refractivity (Wildman–Crippen MR) is 92.0 cm³/mol.